The smallest absolute Gasteiger partial charge is 0.270 e. The summed E-state index contributed by atoms with van der Waals surface area (Å²) < 4.78 is 26.8. The van der Waals surface area contributed by atoms with Crippen molar-refractivity contribution in [2.75, 3.05) is 0 Å². The third kappa shape index (κ3) is 5.43. The summed E-state index contributed by atoms with van der Waals surface area (Å²) >= 11 is 0. The molecule has 24 heavy (non-hydrogen) atoms. The Bertz CT molecular complexity index is 790. The van der Waals surface area contributed by atoms with Crippen molar-refractivity contribution in [2.24, 2.45) is 0 Å². The van der Waals surface area contributed by atoms with E-state index in [1.54, 1.807) is 56.4 Å². The molecule has 0 radical (unpaired) electrons. The molecule has 0 saturated heterocycles. The second-order valence-corrected chi connectivity index (χ2v) is 7.45. The van der Waals surface area contributed by atoms with E-state index in [2.05, 4.69) is 15.0 Å². The number of rotatable bonds is 7. The molecule has 1 aromatic carbocycles. The van der Waals surface area contributed by atoms with Gasteiger partial charge in [0.15, 0.2) is 0 Å². The molecule has 2 rings (SSSR count). The summed E-state index contributed by atoms with van der Waals surface area (Å²) in [5, 5.41) is 2.77. The van der Waals surface area contributed by atoms with Crippen LogP contribution in [-0.4, -0.2) is 25.4 Å². The van der Waals surface area contributed by atoms with E-state index in [1.165, 1.54) is 0 Å². The fourth-order valence-corrected chi connectivity index (χ4v) is 3.73. The van der Waals surface area contributed by atoms with Crippen LogP contribution < -0.4 is 10.0 Å². The summed E-state index contributed by atoms with van der Waals surface area (Å²) in [5.41, 5.74) is 1.74. The predicted molar refractivity (Wildman–Crippen MR) is 92.7 cm³/mol. The number of benzene rings is 1. The van der Waals surface area contributed by atoms with E-state index < -0.39 is 10.0 Å². The monoisotopic (exact) mass is 347 g/mol. The second-order valence-electron chi connectivity index (χ2n) is 5.70. The van der Waals surface area contributed by atoms with Gasteiger partial charge in [-0.3, -0.25) is 9.78 Å². The summed E-state index contributed by atoms with van der Waals surface area (Å²) in [4.78, 5) is 16.0. The van der Waals surface area contributed by atoms with E-state index in [0.717, 1.165) is 5.56 Å². The molecule has 1 aromatic heterocycles. The quantitative estimate of drug-likeness (QED) is 0.800. The van der Waals surface area contributed by atoms with Gasteiger partial charge in [-0.2, -0.15) is 0 Å². The number of hydrogen-bond acceptors (Lipinski definition) is 4. The number of carbonyl (C=O) groups excluding carboxylic acids is 1. The Labute approximate surface area is 142 Å². The fraction of sp³-hybridized carbons (Fsp3) is 0.294. The van der Waals surface area contributed by atoms with Gasteiger partial charge in [-0.05, 0) is 37.1 Å². The standard InChI is InChI=1S/C17H21N3O3S/c1-13(2)20-24(22,23)12-15-8-4-3-7-14(15)11-19-17(21)16-9-5-6-10-18-16/h3-10,13,20H,11-12H2,1-2H3,(H,19,21). The third-order valence-corrected chi connectivity index (χ3v) is 4.74. The second kappa shape index (κ2) is 8.03. The predicted octanol–water partition coefficient (Wildman–Crippen LogP) is 1.84. The SMILES string of the molecule is CC(C)NS(=O)(=O)Cc1ccccc1CNC(=O)c1ccccn1. The van der Waals surface area contributed by atoms with Crippen LogP contribution in [0.15, 0.2) is 48.7 Å². The lowest BCUT2D eigenvalue weighted by Gasteiger charge is -2.13. The summed E-state index contributed by atoms with van der Waals surface area (Å²) in [6, 6.07) is 12.1. The maximum Gasteiger partial charge on any atom is 0.270 e. The summed E-state index contributed by atoms with van der Waals surface area (Å²) in [7, 11) is -3.42. The zero-order chi connectivity index (χ0) is 17.6. The third-order valence-electron chi connectivity index (χ3n) is 3.22. The molecule has 1 amide bonds. The highest BCUT2D eigenvalue weighted by atomic mass is 32.2. The van der Waals surface area contributed by atoms with Gasteiger partial charge >= 0.3 is 0 Å². The average Bonchev–Trinajstić information content (AvgIpc) is 2.53. The fourth-order valence-electron chi connectivity index (χ4n) is 2.24. The molecule has 0 spiro atoms. The van der Waals surface area contributed by atoms with Crippen LogP contribution in [0.5, 0.6) is 0 Å². The summed E-state index contributed by atoms with van der Waals surface area (Å²) in [5.74, 6) is -0.422. The van der Waals surface area contributed by atoms with E-state index in [0.29, 0.717) is 11.3 Å². The molecule has 128 valence electrons. The Balaban J connectivity index is 2.08. The number of nitrogens with zero attached hydrogens (tertiary/aromatic N) is 1. The first kappa shape index (κ1) is 18.1. The van der Waals surface area contributed by atoms with Gasteiger partial charge in [0.2, 0.25) is 10.0 Å². The van der Waals surface area contributed by atoms with Gasteiger partial charge in [0, 0.05) is 18.8 Å². The van der Waals surface area contributed by atoms with Crippen LogP contribution in [0.25, 0.3) is 0 Å². The van der Waals surface area contributed by atoms with Crippen LogP contribution in [0.1, 0.15) is 35.5 Å². The lowest BCUT2D eigenvalue weighted by molar-refractivity contribution is 0.0946. The van der Waals surface area contributed by atoms with Crippen molar-refractivity contribution in [1.82, 2.24) is 15.0 Å². The highest BCUT2D eigenvalue weighted by molar-refractivity contribution is 7.88. The highest BCUT2D eigenvalue weighted by Gasteiger charge is 2.15. The minimum absolute atomic E-state index is 0.124. The molecular weight excluding hydrogens is 326 g/mol. The molecule has 0 fully saturated rings. The first-order valence-corrected chi connectivity index (χ1v) is 9.28. The van der Waals surface area contributed by atoms with Gasteiger partial charge in [-0.1, -0.05) is 30.3 Å². The van der Waals surface area contributed by atoms with Gasteiger partial charge in [0.05, 0.1) is 5.75 Å². The average molecular weight is 347 g/mol. The summed E-state index contributed by atoms with van der Waals surface area (Å²) in [6.45, 7) is 3.79. The number of hydrogen-bond donors (Lipinski definition) is 2. The molecule has 2 aromatic rings. The van der Waals surface area contributed by atoms with Crippen molar-refractivity contribution in [2.45, 2.75) is 32.2 Å². The van der Waals surface area contributed by atoms with E-state index in [4.69, 9.17) is 0 Å². The highest BCUT2D eigenvalue weighted by Crippen LogP contribution is 2.12. The molecule has 6 nitrogen and oxygen atoms in total. The van der Waals surface area contributed by atoms with Gasteiger partial charge < -0.3 is 5.32 Å². The van der Waals surface area contributed by atoms with Crippen LogP contribution in [0.3, 0.4) is 0 Å². The normalized spacial score (nSPS) is 11.5. The zero-order valence-electron chi connectivity index (χ0n) is 13.7. The molecule has 0 aliphatic heterocycles. The van der Waals surface area contributed by atoms with Crippen molar-refractivity contribution in [1.29, 1.82) is 0 Å². The van der Waals surface area contributed by atoms with Crippen LogP contribution >= 0.6 is 0 Å². The molecule has 0 saturated carbocycles. The van der Waals surface area contributed by atoms with Gasteiger partial charge in [-0.25, -0.2) is 13.1 Å². The lowest BCUT2D eigenvalue weighted by Crippen LogP contribution is -2.32. The van der Waals surface area contributed by atoms with E-state index in [9.17, 15) is 13.2 Å². The molecule has 0 aliphatic rings. The number of sulfonamides is 1. The van der Waals surface area contributed by atoms with Crippen LogP contribution in [0, 0.1) is 0 Å². The number of aromatic nitrogens is 1. The zero-order valence-corrected chi connectivity index (χ0v) is 14.5. The maximum atomic E-state index is 12.1. The topological polar surface area (TPSA) is 88.2 Å². The number of amides is 1. The van der Waals surface area contributed by atoms with Crippen LogP contribution in [-0.2, 0) is 22.3 Å². The van der Waals surface area contributed by atoms with Gasteiger partial charge in [-0.15, -0.1) is 0 Å². The first-order chi connectivity index (χ1) is 11.4. The van der Waals surface area contributed by atoms with Gasteiger partial charge in [0.25, 0.3) is 5.91 Å². The van der Waals surface area contributed by atoms with E-state index in [-0.39, 0.29) is 24.2 Å². The van der Waals surface area contributed by atoms with Crippen molar-refractivity contribution in [3.05, 3.63) is 65.5 Å². The molecule has 0 aliphatic carbocycles. The Kier molecular flexibility index (Phi) is 6.05. The Morgan fingerprint density at radius 2 is 1.75 bits per heavy atom. The van der Waals surface area contributed by atoms with Crippen molar-refractivity contribution in [3.63, 3.8) is 0 Å². The van der Waals surface area contributed by atoms with Crippen molar-refractivity contribution in [3.8, 4) is 0 Å². The first-order valence-electron chi connectivity index (χ1n) is 7.63. The Morgan fingerprint density at radius 3 is 2.38 bits per heavy atom. The van der Waals surface area contributed by atoms with Gasteiger partial charge in [0.1, 0.15) is 5.69 Å². The molecule has 2 N–H and O–H groups in total. The molecular formula is C17H21N3O3S. The minimum Gasteiger partial charge on any atom is -0.347 e. The van der Waals surface area contributed by atoms with Crippen LogP contribution in [0.4, 0.5) is 0 Å². The number of pyridine rings is 1. The molecule has 1 heterocycles. The lowest BCUT2D eigenvalue weighted by atomic mass is 10.1. The summed E-state index contributed by atoms with van der Waals surface area (Å²) in [6.07, 6.45) is 1.55. The van der Waals surface area contributed by atoms with Crippen molar-refractivity contribution < 1.29 is 13.2 Å². The van der Waals surface area contributed by atoms with E-state index >= 15 is 0 Å². The van der Waals surface area contributed by atoms with Crippen molar-refractivity contribution >= 4 is 15.9 Å². The number of nitrogens with one attached hydrogen (secondary N) is 2. The Hall–Kier alpha value is -2.25. The largest absolute Gasteiger partial charge is 0.347 e. The van der Waals surface area contributed by atoms with Crippen LogP contribution in [0.2, 0.25) is 0 Å². The minimum atomic E-state index is -3.42. The molecule has 0 bridgehead atoms. The Morgan fingerprint density at radius 1 is 1.08 bits per heavy atom. The molecule has 0 atom stereocenters. The molecule has 0 unspecified atom stereocenters. The molecule has 7 heteroatoms. The van der Waals surface area contributed by atoms with E-state index in [1.807, 2.05) is 6.07 Å². The maximum absolute atomic E-state index is 12.1. The number of carbonyl (C=O) groups is 1.